The van der Waals surface area contributed by atoms with Gasteiger partial charge in [0, 0.05) is 17.1 Å². The van der Waals surface area contributed by atoms with Gasteiger partial charge >= 0.3 is 0 Å². The fraction of sp³-hybridized carbons (Fsp3) is 0.133. The van der Waals surface area contributed by atoms with Crippen molar-refractivity contribution in [2.75, 3.05) is 18.2 Å². The van der Waals surface area contributed by atoms with Crippen molar-refractivity contribution in [3.8, 4) is 5.75 Å². The van der Waals surface area contributed by atoms with Gasteiger partial charge in [-0.2, -0.15) is 4.98 Å². The van der Waals surface area contributed by atoms with Crippen LogP contribution in [0.4, 0.5) is 11.7 Å². The predicted octanol–water partition coefficient (Wildman–Crippen LogP) is 3.68. The molecule has 108 valence electrons. The molecule has 21 heavy (non-hydrogen) atoms. The smallest absolute Gasteiger partial charge is 0.296 e. The Bertz CT molecular complexity index is 786. The van der Waals surface area contributed by atoms with Crippen LogP contribution < -0.4 is 15.8 Å². The van der Waals surface area contributed by atoms with Gasteiger partial charge in [0.1, 0.15) is 11.3 Å². The van der Waals surface area contributed by atoms with E-state index in [-0.39, 0.29) is 0 Å². The quantitative estimate of drug-likeness (QED) is 0.719. The number of nitrogens with two attached hydrogens (primary N) is 1. The number of anilines is 2. The standard InChI is InChI=1S/C15H14ClN3O2/c1-20-12-6-2-4-10(16)9(12)8-18-15-19-14-11(17)5-3-7-13(14)21-15/h2-7H,8,17H2,1H3,(H,18,19). The molecule has 0 atom stereocenters. The predicted molar refractivity (Wildman–Crippen MR) is 83.8 cm³/mol. The molecule has 1 heterocycles. The second-order valence-corrected chi connectivity index (χ2v) is 4.89. The highest BCUT2D eigenvalue weighted by Gasteiger charge is 2.11. The molecule has 3 rings (SSSR count). The summed E-state index contributed by atoms with van der Waals surface area (Å²) in [7, 11) is 1.61. The summed E-state index contributed by atoms with van der Waals surface area (Å²) in [6.45, 7) is 0.440. The topological polar surface area (TPSA) is 73.3 Å². The Balaban J connectivity index is 1.85. The van der Waals surface area contributed by atoms with Crippen LogP contribution in [0.5, 0.6) is 5.75 Å². The third-order valence-electron chi connectivity index (χ3n) is 3.16. The Kier molecular flexibility index (Phi) is 3.58. The van der Waals surface area contributed by atoms with Gasteiger partial charge in [0.2, 0.25) is 0 Å². The Hall–Kier alpha value is -2.40. The molecular weight excluding hydrogens is 290 g/mol. The van der Waals surface area contributed by atoms with Gasteiger partial charge in [-0.25, -0.2) is 0 Å². The summed E-state index contributed by atoms with van der Waals surface area (Å²) in [5.41, 5.74) is 8.57. The summed E-state index contributed by atoms with van der Waals surface area (Å²) < 4.78 is 10.9. The minimum atomic E-state index is 0.393. The van der Waals surface area contributed by atoms with Crippen molar-refractivity contribution in [2.24, 2.45) is 0 Å². The number of benzene rings is 2. The van der Waals surface area contributed by atoms with Crippen molar-refractivity contribution in [1.82, 2.24) is 4.98 Å². The maximum atomic E-state index is 6.19. The highest BCUT2D eigenvalue weighted by Crippen LogP contribution is 2.28. The Morgan fingerprint density at radius 2 is 2.10 bits per heavy atom. The van der Waals surface area contributed by atoms with Crippen LogP contribution in [-0.4, -0.2) is 12.1 Å². The molecule has 0 aliphatic carbocycles. The van der Waals surface area contributed by atoms with Crippen LogP contribution in [0.1, 0.15) is 5.56 Å². The fourth-order valence-electron chi connectivity index (χ4n) is 2.11. The van der Waals surface area contributed by atoms with Crippen molar-refractivity contribution in [1.29, 1.82) is 0 Å². The molecule has 3 aromatic rings. The lowest BCUT2D eigenvalue weighted by atomic mass is 10.2. The van der Waals surface area contributed by atoms with E-state index in [1.54, 1.807) is 13.2 Å². The summed E-state index contributed by atoms with van der Waals surface area (Å²) in [6.07, 6.45) is 0. The van der Waals surface area contributed by atoms with Crippen LogP contribution in [-0.2, 0) is 6.54 Å². The molecule has 0 aliphatic heterocycles. The molecular formula is C15H14ClN3O2. The summed E-state index contributed by atoms with van der Waals surface area (Å²) in [5, 5.41) is 3.72. The highest BCUT2D eigenvalue weighted by atomic mass is 35.5. The van der Waals surface area contributed by atoms with E-state index in [9.17, 15) is 0 Å². The lowest BCUT2D eigenvalue weighted by Crippen LogP contribution is -2.02. The molecule has 0 unspecified atom stereocenters. The molecule has 0 spiro atoms. The first-order valence-electron chi connectivity index (χ1n) is 6.39. The second-order valence-electron chi connectivity index (χ2n) is 4.49. The normalized spacial score (nSPS) is 10.8. The van der Waals surface area contributed by atoms with E-state index in [1.807, 2.05) is 30.3 Å². The number of para-hydroxylation sites is 1. The summed E-state index contributed by atoms with van der Waals surface area (Å²) in [6, 6.07) is 11.3. The van der Waals surface area contributed by atoms with Crippen molar-refractivity contribution in [2.45, 2.75) is 6.54 Å². The van der Waals surface area contributed by atoms with E-state index in [2.05, 4.69) is 10.3 Å². The minimum absolute atomic E-state index is 0.393. The number of rotatable bonds is 4. The number of hydrogen-bond acceptors (Lipinski definition) is 5. The minimum Gasteiger partial charge on any atom is -0.496 e. The van der Waals surface area contributed by atoms with Crippen LogP contribution >= 0.6 is 11.6 Å². The molecule has 3 N–H and O–H groups in total. The summed E-state index contributed by atoms with van der Waals surface area (Å²) >= 11 is 6.19. The van der Waals surface area contributed by atoms with Gasteiger partial charge in [-0.15, -0.1) is 0 Å². The molecule has 6 heteroatoms. The number of halogens is 1. The number of aromatic nitrogens is 1. The van der Waals surface area contributed by atoms with Crippen LogP contribution in [0.15, 0.2) is 40.8 Å². The van der Waals surface area contributed by atoms with Crippen LogP contribution in [0.2, 0.25) is 5.02 Å². The third kappa shape index (κ3) is 2.60. The zero-order valence-electron chi connectivity index (χ0n) is 11.4. The highest BCUT2D eigenvalue weighted by molar-refractivity contribution is 6.31. The van der Waals surface area contributed by atoms with Gasteiger partial charge in [0.05, 0.1) is 12.8 Å². The van der Waals surface area contributed by atoms with Crippen molar-refractivity contribution < 1.29 is 9.15 Å². The monoisotopic (exact) mass is 303 g/mol. The van der Waals surface area contributed by atoms with Gasteiger partial charge < -0.3 is 20.2 Å². The number of ether oxygens (including phenoxy) is 1. The molecule has 1 aromatic heterocycles. The van der Waals surface area contributed by atoms with E-state index in [4.69, 9.17) is 26.5 Å². The van der Waals surface area contributed by atoms with Crippen molar-refractivity contribution >= 4 is 34.4 Å². The maximum Gasteiger partial charge on any atom is 0.296 e. The number of fused-ring (bicyclic) bond motifs is 1. The first-order chi connectivity index (χ1) is 10.2. The van der Waals surface area contributed by atoms with E-state index in [0.717, 1.165) is 5.56 Å². The molecule has 2 aromatic carbocycles. The molecule has 0 fully saturated rings. The Labute approximate surface area is 126 Å². The largest absolute Gasteiger partial charge is 0.496 e. The molecule has 0 bridgehead atoms. The number of nitrogens with one attached hydrogen (secondary N) is 1. The number of hydrogen-bond donors (Lipinski definition) is 2. The van der Waals surface area contributed by atoms with Gasteiger partial charge in [-0.05, 0) is 24.3 Å². The van der Waals surface area contributed by atoms with E-state index >= 15 is 0 Å². The van der Waals surface area contributed by atoms with Gasteiger partial charge in [0.25, 0.3) is 6.01 Å². The third-order valence-corrected chi connectivity index (χ3v) is 3.52. The first kappa shape index (κ1) is 13.6. The molecule has 0 aliphatic rings. The van der Waals surface area contributed by atoms with Crippen LogP contribution in [0.25, 0.3) is 11.1 Å². The van der Waals surface area contributed by atoms with Crippen LogP contribution in [0.3, 0.4) is 0 Å². The molecule has 0 saturated carbocycles. The average Bonchev–Trinajstić information content (AvgIpc) is 2.90. The Morgan fingerprint density at radius 3 is 2.86 bits per heavy atom. The SMILES string of the molecule is COc1cccc(Cl)c1CNc1nc2c(N)cccc2o1. The number of nitrogens with zero attached hydrogens (tertiary/aromatic N) is 1. The number of oxazole rings is 1. The fourth-order valence-corrected chi connectivity index (χ4v) is 2.34. The summed E-state index contributed by atoms with van der Waals surface area (Å²) in [5.74, 6) is 0.714. The summed E-state index contributed by atoms with van der Waals surface area (Å²) in [4.78, 5) is 4.33. The van der Waals surface area contributed by atoms with Crippen molar-refractivity contribution in [3.63, 3.8) is 0 Å². The van der Waals surface area contributed by atoms with E-state index < -0.39 is 0 Å². The lowest BCUT2D eigenvalue weighted by molar-refractivity contribution is 0.410. The number of nitrogen functional groups attached to an aromatic ring is 1. The van der Waals surface area contributed by atoms with Crippen LogP contribution in [0, 0.1) is 0 Å². The second kappa shape index (κ2) is 5.54. The molecule has 0 saturated heterocycles. The zero-order chi connectivity index (χ0) is 14.8. The van der Waals surface area contributed by atoms with Gasteiger partial charge in [-0.3, -0.25) is 0 Å². The zero-order valence-corrected chi connectivity index (χ0v) is 12.1. The molecule has 0 amide bonds. The lowest BCUT2D eigenvalue weighted by Gasteiger charge is -2.10. The van der Waals surface area contributed by atoms with E-state index in [1.165, 1.54) is 0 Å². The Morgan fingerprint density at radius 1 is 1.29 bits per heavy atom. The first-order valence-corrected chi connectivity index (χ1v) is 6.77. The molecule has 5 nitrogen and oxygen atoms in total. The van der Waals surface area contributed by atoms with Gasteiger partial charge in [0.15, 0.2) is 5.58 Å². The molecule has 0 radical (unpaired) electrons. The van der Waals surface area contributed by atoms with Crippen molar-refractivity contribution in [3.05, 3.63) is 47.0 Å². The van der Waals surface area contributed by atoms with Gasteiger partial charge in [-0.1, -0.05) is 23.7 Å². The van der Waals surface area contributed by atoms with E-state index in [0.29, 0.717) is 40.1 Å². The maximum absolute atomic E-state index is 6.19. The average molecular weight is 304 g/mol. The number of methoxy groups -OCH3 is 1.